The van der Waals surface area contributed by atoms with E-state index in [1.54, 1.807) is 0 Å². The molecule has 1 saturated heterocycles. The van der Waals surface area contributed by atoms with Crippen LogP contribution in [0.1, 0.15) is 47.5 Å². The van der Waals surface area contributed by atoms with Gasteiger partial charge in [-0.3, -0.25) is 10.00 Å². The minimum absolute atomic E-state index is 0.519. The number of aryl methyl sites for hydroxylation is 3. The summed E-state index contributed by atoms with van der Waals surface area (Å²) >= 11 is 0. The summed E-state index contributed by atoms with van der Waals surface area (Å²) in [5.74, 6) is 2.28. The Labute approximate surface area is 119 Å². The van der Waals surface area contributed by atoms with E-state index in [9.17, 15) is 0 Å². The summed E-state index contributed by atoms with van der Waals surface area (Å²) in [6.45, 7) is 8.96. The van der Waals surface area contributed by atoms with Crippen molar-refractivity contribution in [1.82, 2.24) is 20.1 Å². The molecule has 1 fully saturated rings. The predicted molar refractivity (Wildman–Crippen MR) is 76.6 cm³/mol. The fraction of sp³-hybridized carbons (Fsp3) is 0.600. The van der Waals surface area contributed by atoms with Gasteiger partial charge in [0.15, 0.2) is 0 Å². The van der Waals surface area contributed by atoms with E-state index in [0.717, 1.165) is 42.7 Å². The Morgan fingerprint density at radius 1 is 1.40 bits per heavy atom. The van der Waals surface area contributed by atoms with Crippen LogP contribution in [0.2, 0.25) is 0 Å². The van der Waals surface area contributed by atoms with Gasteiger partial charge < -0.3 is 4.42 Å². The van der Waals surface area contributed by atoms with E-state index >= 15 is 0 Å². The van der Waals surface area contributed by atoms with E-state index in [4.69, 9.17) is 4.42 Å². The Bertz CT molecular complexity index is 567. The first-order valence-corrected chi connectivity index (χ1v) is 7.29. The largest absolute Gasteiger partial charge is 0.444 e. The van der Waals surface area contributed by atoms with Crippen molar-refractivity contribution < 1.29 is 4.42 Å². The van der Waals surface area contributed by atoms with Crippen molar-refractivity contribution in [1.29, 1.82) is 0 Å². The van der Waals surface area contributed by atoms with Gasteiger partial charge in [0.05, 0.1) is 17.9 Å². The molecular formula is C15H22N4O. The van der Waals surface area contributed by atoms with Crippen LogP contribution in [0.3, 0.4) is 0 Å². The third-order valence-corrected chi connectivity index (χ3v) is 4.08. The number of rotatable bonds is 3. The second kappa shape index (κ2) is 5.40. The Hall–Kier alpha value is -1.62. The summed E-state index contributed by atoms with van der Waals surface area (Å²) in [6.07, 6.45) is 2.42. The minimum atomic E-state index is 0.519. The summed E-state index contributed by atoms with van der Waals surface area (Å²) in [5.41, 5.74) is 3.32. The number of H-pyrrole nitrogens is 1. The quantitative estimate of drug-likeness (QED) is 0.935. The number of oxazole rings is 1. The molecule has 1 atom stereocenters. The van der Waals surface area contributed by atoms with Crippen LogP contribution in [0.5, 0.6) is 0 Å². The summed E-state index contributed by atoms with van der Waals surface area (Å²) in [7, 11) is 0. The second-order valence-corrected chi connectivity index (χ2v) is 5.80. The zero-order chi connectivity index (χ0) is 14.1. The van der Waals surface area contributed by atoms with Gasteiger partial charge in [0.1, 0.15) is 5.76 Å². The number of piperidine rings is 1. The molecule has 2 aromatic rings. The highest BCUT2D eigenvalue weighted by atomic mass is 16.4. The highest BCUT2D eigenvalue weighted by molar-refractivity contribution is 5.13. The number of nitrogens with one attached hydrogen (secondary N) is 1. The van der Waals surface area contributed by atoms with E-state index in [0.29, 0.717) is 5.92 Å². The van der Waals surface area contributed by atoms with Crippen LogP contribution in [0.4, 0.5) is 0 Å². The topological polar surface area (TPSA) is 58.0 Å². The molecule has 1 N–H and O–H groups in total. The fourth-order valence-corrected chi connectivity index (χ4v) is 2.89. The van der Waals surface area contributed by atoms with Crippen molar-refractivity contribution >= 4 is 0 Å². The zero-order valence-electron chi connectivity index (χ0n) is 12.4. The summed E-state index contributed by atoms with van der Waals surface area (Å²) in [4.78, 5) is 6.90. The molecule has 20 heavy (non-hydrogen) atoms. The Balaban J connectivity index is 1.66. The van der Waals surface area contributed by atoms with Crippen molar-refractivity contribution in [2.75, 3.05) is 13.1 Å². The molecule has 5 heteroatoms. The Kier molecular flexibility index (Phi) is 3.61. The van der Waals surface area contributed by atoms with E-state index in [1.807, 2.05) is 13.8 Å². The lowest BCUT2D eigenvalue weighted by Crippen LogP contribution is -2.34. The fourth-order valence-electron chi connectivity index (χ4n) is 2.89. The molecule has 108 valence electrons. The van der Waals surface area contributed by atoms with E-state index < -0.39 is 0 Å². The number of likely N-dealkylation sites (tertiary alicyclic amines) is 1. The molecule has 3 heterocycles. The van der Waals surface area contributed by atoms with Crippen molar-refractivity contribution in [2.24, 2.45) is 0 Å². The van der Waals surface area contributed by atoms with Crippen molar-refractivity contribution in [3.05, 3.63) is 34.8 Å². The van der Waals surface area contributed by atoms with Crippen LogP contribution in [0, 0.1) is 20.8 Å². The lowest BCUT2D eigenvalue weighted by molar-refractivity contribution is 0.181. The first-order chi connectivity index (χ1) is 9.61. The lowest BCUT2D eigenvalue weighted by Gasteiger charge is -2.30. The SMILES string of the molecule is Cc1cc(C2CCCN(Cc3nc(C)c(C)o3)C2)n[nH]1. The van der Waals surface area contributed by atoms with Crippen LogP contribution in [0.15, 0.2) is 10.5 Å². The average Bonchev–Trinajstić information content (AvgIpc) is 2.97. The van der Waals surface area contributed by atoms with Gasteiger partial charge in [-0.15, -0.1) is 0 Å². The number of nitrogens with zero attached hydrogens (tertiary/aromatic N) is 3. The highest BCUT2D eigenvalue weighted by Crippen LogP contribution is 2.26. The van der Waals surface area contributed by atoms with Gasteiger partial charge in [-0.05, 0) is 46.2 Å². The monoisotopic (exact) mass is 274 g/mol. The third kappa shape index (κ3) is 2.77. The average molecular weight is 274 g/mol. The number of hydrogen-bond acceptors (Lipinski definition) is 4. The van der Waals surface area contributed by atoms with Crippen LogP contribution in [-0.4, -0.2) is 33.2 Å². The molecule has 0 spiro atoms. The number of aromatic amines is 1. The molecule has 3 rings (SSSR count). The van der Waals surface area contributed by atoms with Crippen LogP contribution in [0.25, 0.3) is 0 Å². The molecule has 1 unspecified atom stereocenters. The molecular weight excluding hydrogens is 252 g/mol. The molecule has 1 aliphatic heterocycles. The van der Waals surface area contributed by atoms with E-state index in [-0.39, 0.29) is 0 Å². The maximum atomic E-state index is 5.69. The summed E-state index contributed by atoms with van der Waals surface area (Å²) in [6, 6.07) is 2.16. The second-order valence-electron chi connectivity index (χ2n) is 5.80. The molecule has 0 bridgehead atoms. The number of hydrogen-bond donors (Lipinski definition) is 1. The molecule has 2 aromatic heterocycles. The first-order valence-electron chi connectivity index (χ1n) is 7.29. The molecule has 0 radical (unpaired) electrons. The smallest absolute Gasteiger partial charge is 0.208 e. The van der Waals surface area contributed by atoms with Crippen molar-refractivity contribution in [2.45, 2.75) is 46.1 Å². The van der Waals surface area contributed by atoms with Gasteiger partial charge in [-0.1, -0.05) is 0 Å². The third-order valence-electron chi connectivity index (χ3n) is 4.08. The maximum Gasteiger partial charge on any atom is 0.208 e. The van der Waals surface area contributed by atoms with Crippen LogP contribution in [-0.2, 0) is 6.54 Å². The van der Waals surface area contributed by atoms with Crippen molar-refractivity contribution in [3.63, 3.8) is 0 Å². The standard InChI is InChI=1S/C15H22N4O/c1-10-7-14(18-17-10)13-5-4-6-19(8-13)9-15-16-11(2)12(3)20-15/h7,13H,4-6,8-9H2,1-3H3,(H,17,18). The van der Waals surface area contributed by atoms with E-state index in [2.05, 4.69) is 33.1 Å². The molecule has 1 aliphatic rings. The van der Waals surface area contributed by atoms with Gasteiger partial charge in [0.2, 0.25) is 5.89 Å². The van der Waals surface area contributed by atoms with Gasteiger partial charge in [0.25, 0.3) is 0 Å². The van der Waals surface area contributed by atoms with Gasteiger partial charge in [-0.2, -0.15) is 5.10 Å². The number of aromatic nitrogens is 3. The van der Waals surface area contributed by atoms with E-state index in [1.165, 1.54) is 18.5 Å². The molecule has 0 amide bonds. The molecule has 5 nitrogen and oxygen atoms in total. The maximum absolute atomic E-state index is 5.69. The summed E-state index contributed by atoms with van der Waals surface area (Å²) < 4.78 is 5.69. The Morgan fingerprint density at radius 2 is 2.25 bits per heavy atom. The highest BCUT2D eigenvalue weighted by Gasteiger charge is 2.24. The van der Waals surface area contributed by atoms with Gasteiger partial charge in [-0.25, -0.2) is 4.98 Å². The summed E-state index contributed by atoms with van der Waals surface area (Å²) in [5, 5.41) is 7.45. The van der Waals surface area contributed by atoms with Crippen LogP contribution >= 0.6 is 0 Å². The lowest BCUT2D eigenvalue weighted by atomic mass is 9.95. The Morgan fingerprint density at radius 3 is 2.90 bits per heavy atom. The van der Waals surface area contributed by atoms with Crippen molar-refractivity contribution in [3.8, 4) is 0 Å². The minimum Gasteiger partial charge on any atom is -0.444 e. The zero-order valence-corrected chi connectivity index (χ0v) is 12.4. The molecule has 0 aliphatic carbocycles. The normalized spacial score (nSPS) is 20.4. The van der Waals surface area contributed by atoms with Crippen LogP contribution < -0.4 is 0 Å². The first kappa shape index (κ1) is 13.4. The van der Waals surface area contributed by atoms with Gasteiger partial charge in [0, 0.05) is 18.2 Å². The molecule has 0 saturated carbocycles. The predicted octanol–water partition coefficient (Wildman–Crippen LogP) is 2.70. The molecule has 0 aromatic carbocycles. The van der Waals surface area contributed by atoms with Gasteiger partial charge >= 0.3 is 0 Å².